The third-order valence-corrected chi connectivity index (χ3v) is 3.89. The minimum absolute atomic E-state index is 0.604. The average molecular weight is 296 g/mol. The van der Waals surface area contributed by atoms with Gasteiger partial charge in [-0.25, -0.2) is 0 Å². The molecule has 3 rings (SSSR count). The molecule has 0 unspecified atom stereocenters. The van der Waals surface area contributed by atoms with Crippen molar-refractivity contribution in [2.24, 2.45) is 5.73 Å². The normalized spacial score (nSPS) is 10.9. The Hall–Kier alpha value is -2.46. The molecular formula is C18H20N2O2. The monoisotopic (exact) mass is 296 g/mol. The lowest BCUT2D eigenvalue weighted by atomic mass is 10.0. The highest BCUT2D eigenvalue weighted by Gasteiger charge is 2.13. The number of aromatic nitrogens is 1. The first-order valence-electron chi connectivity index (χ1n) is 7.30. The minimum Gasteiger partial charge on any atom is -0.497 e. The molecule has 2 aromatic carbocycles. The van der Waals surface area contributed by atoms with Crippen molar-refractivity contribution in [3.05, 3.63) is 48.0 Å². The average Bonchev–Trinajstić information content (AvgIpc) is 2.93. The number of benzene rings is 2. The van der Waals surface area contributed by atoms with E-state index in [4.69, 9.17) is 15.2 Å². The van der Waals surface area contributed by atoms with E-state index in [9.17, 15) is 0 Å². The second-order valence-electron chi connectivity index (χ2n) is 5.16. The van der Waals surface area contributed by atoms with Crippen molar-refractivity contribution in [2.45, 2.75) is 6.42 Å². The SMILES string of the molecule is COc1ccc(-c2[nH]c3ccc(OC)cc3c2CCN)cc1. The Morgan fingerprint density at radius 1 is 0.955 bits per heavy atom. The fourth-order valence-corrected chi connectivity index (χ4v) is 2.76. The molecule has 0 fully saturated rings. The topological polar surface area (TPSA) is 60.3 Å². The number of H-pyrrole nitrogens is 1. The van der Waals surface area contributed by atoms with Crippen molar-refractivity contribution >= 4 is 10.9 Å². The van der Waals surface area contributed by atoms with E-state index in [-0.39, 0.29) is 0 Å². The minimum atomic E-state index is 0.604. The van der Waals surface area contributed by atoms with Gasteiger partial charge in [-0.2, -0.15) is 0 Å². The van der Waals surface area contributed by atoms with Gasteiger partial charge in [0.1, 0.15) is 11.5 Å². The second-order valence-corrected chi connectivity index (χ2v) is 5.16. The van der Waals surface area contributed by atoms with Gasteiger partial charge >= 0.3 is 0 Å². The molecule has 0 aliphatic carbocycles. The van der Waals surface area contributed by atoms with Gasteiger partial charge in [0.05, 0.1) is 14.2 Å². The van der Waals surface area contributed by atoms with Crippen molar-refractivity contribution in [3.8, 4) is 22.8 Å². The van der Waals surface area contributed by atoms with Crippen LogP contribution in [0.25, 0.3) is 22.2 Å². The van der Waals surface area contributed by atoms with Crippen molar-refractivity contribution in [2.75, 3.05) is 20.8 Å². The lowest BCUT2D eigenvalue weighted by molar-refractivity contribution is 0.415. The Labute approximate surface area is 129 Å². The van der Waals surface area contributed by atoms with Crippen LogP contribution in [-0.4, -0.2) is 25.7 Å². The molecule has 0 saturated carbocycles. The molecule has 3 N–H and O–H groups in total. The van der Waals surface area contributed by atoms with Crippen LogP contribution in [0.5, 0.6) is 11.5 Å². The van der Waals surface area contributed by atoms with E-state index in [0.717, 1.165) is 40.1 Å². The second kappa shape index (κ2) is 6.12. The predicted octanol–water partition coefficient (Wildman–Crippen LogP) is 3.35. The summed E-state index contributed by atoms with van der Waals surface area (Å²) in [5.74, 6) is 1.70. The number of ether oxygens (including phenoxy) is 2. The zero-order chi connectivity index (χ0) is 15.5. The van der Waals surface area contributed by atoms with Crippen LogP contribution in [0.1, 0.15) is 5.56 Å². The van der Waals surface area contributed by atoms with Gasteiger partial charge in [-0.05, 0) is 66.6 Å². The van der Waals surface area contributed by atoms with Crippen LogP contribution in [0.2, 0.25) is 0 Å². The summed E-state index contributed by atoms with van der Waals surface area (Å²) in [6, 6.07) is 14.1. The molecule has 0 saturated heterocycles. The zero-order valence-corrected chi connectivity index (χ0v) is 12.8. The molecule has 3 aromatic rings. The molecule has 0 bridgehead atoms. The molecule has 0 atom stereocenters. The Morgan fingerprint density at radius 2 is 1.64 bits per heavy atom. The smallest absolute Gasteiger partial charge is 0.119 e. The number of nitrogens with one attached hydrogen (secondary N) is 1. The number of aromatic amines is 1. The van der Waals surface area contributed by atoms with Gasteiger partial charge < -0.3 is 20.2 Å². The molecular weight excluding hydrogens is 276 g/mol. The molecule has 1 aromatic heterocycles. The summed E-state index contributed by atoms with van der Waals surface area (Å²) in [7, 11) is 3.35. The summed E-state index contributed by atoms with van der Waals surface area (Å²) in [4.78, 5) is 3.50. The van der Waals surface area contributed by atoms with Crippen LogP contribution in [0.15, 0.2) is 42.5 Å². The van der Waals surface area contributed by atoms with Crippen LogP contribution >= 0.6 is 0 Å². The summed E-state index contributed by atoms with van der Waals surface area (Å²) < 4.78 is 10.6. The molecule has 1 heterocycles. The third kappa shape index (κ3) is 2.53. The van der Waals surface area contributed by atoms with Gasteiger partial charge in [0, 0.05) is 16.6 Å². The maximum atomic E-state index is 5.81. The molecule has 0 spiro atoms. The van der Waals surface area contributed by atoms with Gasteiger partial charge in [0.2, 0.25) is 0 Å². The molecule has 0 radical (unpaired) electrons. The summed E-state index contributed by atoms with van der Waals surface area (Å²) >= 11 is 0. The Balaban J connectivity index is 2.16. The molecule has 114 valence electrons. The summed E-state index contributed by atoms with van der Waals surface area (Å²) in [5.41, 5.74) is 10.4. The van der Waals surface area contributed by atoms with Crippen molar-refractivity contribution in [1.29, 1.82) is 0 Å². The predicted molar refractivity (Wildman–Crippen MR) is 89.6 cm³/mol. The van der Waals surface area contributed by atoms with Crippen molar-refractivity contribution in [1.82, 2.24) is 4.98 Å². The fraction of sp³-hybridized carbons (Fsp3) is 0.222. The van der Waals surface area contributed by atoms with E-state index in [0.29, 0.717) is 6.54 Å². The van der Waals surface area contributed by atoms with Gasteiger partial charge in [-0.1, -0.05) is 0 Å². The van der Waals surface area contributed by atoms with Gasteiger partial charge in [-0.15, -0.1) is 0 Å². The highest BCUT2D eigenvalue weighted by molar-refractivity contribution is 5.91. The Kier molecular flexibility index (Phi) is 4.02. The Morgan fingerprint density at radius 3 is 2.27 bits per heavy atom. The lowest BCUT2D eigenvalue weighted by Gasteiger charge is -2.06. The number of methoxy groups -OCH3 is 2. The summed E-state index contributed by atoms with van der Waals surface area (Å²) in [5, 5.41) is 1.16. The van der Waals surface area contributed by atoms with Crippen LogP contribution in [0.3, 0.4) is 0 Å². The first-order chi connectivity index (χ1) is 10.8. The number of rotatable bonds is 5. The van der Waals surface area contributed by atoms with Gasteiger partial charge in [-0.3, -0.25) is 0 Å². The van der Waals surface area contributed by atoms with E-state index in [1.54, 1.807) is 14.2 Å². The molecule has 22 heavy (non-hydrogen) atoms. The van der Waals surface area contributed by atoms with Gasteiger partial charge in [0.15, 0.2) is 0 Å². The summed E-state index contributed by atoms with van der Waals surface area (Å²) in [6.07, 6.45) is 0.814. The lowest BCUT2D eigenvalue weighted by Crippen LogP contribution is -2.03. The quantitative estimate of drug-likeness (QED) is 0.759. The van der Waals surface area contributed by atoms with Crippen LogP contribution < -0.4 is 15.2 Å². The zero-order valence-electron chi connectivity index (χ0n) is 12.8. The fourth-order valence-electron chi connectivity index (χ4n) is 2.76. The number of nitrogens with two attached hydrogens (primary N) is 1. The van der Waals surface area contributed by atoms with Crippen LogP contribution in [0.4, 0.5) is 0 Å². The molecule has 0 aliphatic heterocycles. The summed E-state index contributed by atoms with van der Waals surface area (Å²) in [6.45, 7) is 0.604. The number of hydrogen-bond donors (Lipinski definition) is 2. The van der Waals surface area contributed by atoms with E-state index in [1.807, 2.05) is 24.3 Å². The maximum absolute atomic E-state index is 5.81. The maximum Gasteiger partial charge on any atom is 0.119 e. The van der Waals surface area contributed by atoms with E-state index in [2.05, 4.69) is 23.2 Å². The standard InChI is InChI=1S/C18H20N2O2/c1-21-13-5-3-12(4-6-13)18-15(9-10-19)16-11-14(22-2)7-8-17(16)20-18/h3-8,11,20H,9-10,19H2,1-2H3. The highest BCUT2D eigenvalue weighted by Crippen LogP contribution is 2.33. The number of fused-ring (bicyclic) bond motifs is 1. The van der Waals surface area contributed by atoms with E-state index in [1.165, 1.54) is 5.56 Å². The largest absolute Gasteiger partial charge is 0.497 e. The Bertz CT molecular complexity index is 776. The van der Waals surface area contributed by atoms with E-state index < -0.39 is 0 Å². The molecule has 4 heteroatoms. The first-order valence-corrected chi connectivity index (χ1v) is 7.30. The van der Waals surface area contributed by atoms with Crippen molar-refractivity contribution in [3.63, 3.8) is 0 Å². The van der Waals surface area contributed by atoms with Crippen LogP contribution in [-0.2, 0) is 6.42 Å². The highest BCUT2D eigenvalue weighted by atomic mass is 16.5. The molecule has 0 aliphatic rings. The van der Waals surface area contributed by atoms with E-state index >= 15 is 0 Å². The molecule has 4 nitrogen and oxygen atoms in total. The number of hydrogen-bond acceptors (Lipinski definition) is 3. The van der Waals surface area contributed by atoms with Crippen molar-refractivity contribution < 1.29 is 9.47 Å². The van der Waals surface area contributed by atoms with Crippen LogP contribution in [0, 0.1) is 0 Å². The van der Waals surface area contributed by atoms with Gasteiger partial charge in [0.25, 0.3) is 0 Å². The third-order valence-electron chi connectivity index (χ3n) is 3.89. The molecule has 0 amide bonds. The first kappa shape index (κ1) is 14.5.